The molecule has 1 aliphatic rings. The minimum Gasteiger partial charge on any atom is -0.497 e. The van der Waals surface area contributed by atoms with Gasteiger partial charge in [0.25, 0.3) is 0 Å². The largest absolute Gasteiger partial charge is 0.497 e. The second kappa shape index (κ2) is 4.01. The average molecular weight is 191 g/mol. The molecule has 2 rings (SSSR count). The third kappa shape index (κ3) is 1.90. The van der Waals surface area contributed by atoms with Crippen LogP contribution in [0, 0.1) is 5.92 Å². The fraction of sp³-hybridized carbons (Fsp3) is 0.500. The lowest BCUT2D eigenvalue weighted by molar-refractivity contribution is 0.414. The van der Waals surface area contributed by atoms with E-state index < -0.39 is 0 Å². The van der Waals surface area contributed by atoms with Gasteiger partial charge >= 0.3 is 0 Å². The third-order valence-corrected chi connectivity index (χ3v) is 2.87. The predicted molar refractivity (Wildman–Crippen MR) is 57.5 cm³/mol. The van der Waals surface area contributed by atoms with E-state index in [4.69, 9.17) is 4.74 Å². The molecule has 2 heteroatoms. The summed E-state index contributed by atoms with van der Waals surface area (Å²) < 4.78 is 5.13. The molecule has 1 N–H and O–H groups in total. The Kier molecular flexibility index (Phi) is 2.73. The zero-order valence-corrected chi connectivity index (χ0v) is 8.79. The highest BCUT2D eigenvalue weighted by Gasteiger charge is 2.21. The number of hydrogen-bond acceptors (Lipinski definition) is 2. The maximum atomic E-state index is 5.13. The summed E-state index contributed by atoms with van der Waals surface area (Å²) in [6.07, 6.45) is 1.24. The van der Waals surface area contributed by atoms with Gasteiger partial charge in [-0.1, -0.05) is 19.1 Å². The molecule has 1 heterocycles. The quantitative estimate of drug-likeness (QED) is 0.775. The van der Waals surface area contributed by atoms with Crippen LogP contribution in [0.15, 0.2) is 24.3 Å². The summed E-state index contributed by atoms with van der Waals surface area (Å²) in [6, 6.07) is 8.89. The molecule has 1 aromatic carbocycles. The van der Waals surface area contributed by atoms with Gasteiger partial charge in [0, 0.05) is 6.04 Å². The maximum Gasteiger partial charge on any atom is 0.118 e. The molecule has 1 aromatic rings. The van der Waals surface area contributed by atoms with E-state index in [0.717, 1.165) is 18.2 Å². The lowest BCUT2D eigenvalue weighted by atomic mass is 10.0. The van der Waals surface area contributed by atoms with Gasteiger partial charge in [0.2, 0.25) is 0 Å². The minimum atomic E-state index is 0.538. The van der Waals surface area contributed by atoms with E-state index in [0.29, 0.717) is 6.04 Å². The van der Waals surface area contributed by atoms with Crippen molar-refractivity contribution in [3.05, 3.63) is 29.8 Å². The highest BCUT2D eigenvalue weighted by atomic mass is 16.5. The van der Waals surface area contributed by atoms with Crippen molar-refractivity contribution in [1.29, 1.82) is 0 Å². The van der Waals surface area contributed by atoms with Crippen LogP contribution in [0.4, 0.5) is 0 Å². The van der Waals surface area contributed by atoms with Crippen LogP contribution in [0.25, 0.3) is 0 Å². The second-order valence-corrected chi connectivity index (χ2v) is 4.07. The topological polar surface area (TPSA) is 21.3 Å². The summed E-state index contributed by atoms with van der Waals surface area (Å²) in [5.74, 6) is 1.72. The number of benzene rings is 1. The Labute approximate surface area is 85.3 Å². The van der Waals surface area contributed by atoms with E-state index >= 15 is 0 Å². The van der Waals surface area contributed by atoms with Crippen LogP contribution >= 0.6 is 0 Å². The molecule has 2 atom stereocenters. The molecule has 1 fully saturated rings. The highest BCUT2D eigenvalue weighted by molar-refractivity contribution is 5.29. The van der Waals surface area contributed by atoms with Crippen molar-refractivity contribution < 1.29 is 4.74 Å². The molecule has 14 heavy (non-hydrogen) atoms. The van der Waals surface area contributed by atoms with Crippen molar-refractivity contribution >= 4 is 0 Å². The Morgan fingerprint density at radius 3 is 2.50 bits per heavy atom. The number of methoxy groups -OCH3 is 1. The SMILES string of the molecule is COc1ccc(C2CC(C)CN2)cc1. The Morgan fingerprint density at radius 2 is 2.00 bits per heavy atom. The van der Waals surface area contributed by atoms with Crippen molar-refractivity contribution in [2.45, 2.75) is 19.4 Å². The van der Waals surface area contributed by atoms with Crippen LogP contribution in [0.2, 0.25) is 0 Å². The minimum absolute atomic E-state index is 0.538. The van der Waals surface area contributed by atoms with Gasteiger partial charge in [-0.3, -0.25) is 0 Å². The third-order valence-electron chi connectivity index (χ3n) is 2.87. The van der Waals surface area contributed by atoms with Crippen LogP contribution < -0.4 is 10.1 Å². The van der Waals surface area contributed by atoms with E-state index in [1.807, 2.05) is 12.1 Å². The molecule has 2 nitrogen and oxygen atoms in total. The van der Waals surface area contributed by atoms with E-state index in [-0.39, 0.29) is 0 Å². The molecular formula is C12H17NO. The first kappa shape index (κ1) is 9.53. The van der Waals surface area contributed by atoms with Crippen molar-refractivity contribution in [1.82, 2.24) is 5.32 Å². The standard InChI is InChI=1S/C12H17NO/c1-9-7-12(13-8-9)10-3-5-11(14-2)6-4-10/h3-6,9,12-13H,7-8H2,1-2H3. The predicted octanol–water partition coefficient (Wildman–Crippen LogP) is 2.37. The average Bonchev–Trinajstić information content (AvgIpc) is 2.65. The van der Waals surface area contributed by atoms with Gasteiger partial charge in [0.15, 0.2) is 0 Å². The Hall–Kier alpha value is -1.02. The van der Waals surface area contributed by atoms with E-state index in [9.17, 15) is 0 Å². The smallest absolute Gasteiger partial charge is 0.118 e. The zero-order valence-electron chi connectivity index (χ0n) is 8.79. The van der Waals surface area contributed by atoms with E-state index in [1.54, 1.807) is 7.11 Å². The molecule has 2 unspecified atom stereocenters. The summed E-state index contributed by atoms with van der Waals surface area (Å²) in [6.45, 7) is 3.42. The lowest BCUT2D eigenvalue weighted by Gasteiger charge is -2.10. The second-order valence-electron chi connectivity index (χ2n) is 4.07. The van der Waals surface area contributed by atoms with Crippen LogP contribution in [0.5, 0.6) is 5.75 Å². The van der Waals surface area contributed by atoms with Gasteiger partial charge in [-0.25, -0.2) is 0 Å². The summed E-state index contributed by atoms with van der Waals surface area (Å²) in [5, 5.41) is 3.52. The van der Waals surface area contributed by atoms with Crippen LogP contribution in [-0.2, 0) is 0 Å². The molecule has 1 aliphatic heterocycles. The molecule has 0 saturated carbocycles. The highest BCUT2D eigenvalue weighted by Crippen LogP contribution is 2.27. The first-order chi connectivity index (χ1) is 6.79. The maximum absolute atomic E-state index is 5.13. The molecule has 0 aromatic heterocycles. The normalized spacial score (nSPS) is 26.4. The number of ether oxygens (including phenoxy) is 1. The van der Waals surface area contributed by atoms with Gasteiger partial charge in [0.05, 0.1) is 7.11 Å². The van der Waals surface area contributed by atoms with Crippen LogP contribution in [0.1, 0.15) is 24.9 Å². The molecular weight excluding hydrogens is 174 g/mol. The Morgan fingerprint density at radius 1 is 1.29 bits per heavy atom. The summed E-state index contributed by atoms with van der Waals surface area (Å²) in [4.78, 5) is 0. The van der Waals surface area contributed by atoms with Gasteiger partial charge in [-0.15, -0.1) is 0 Å². The molecule has 0 spiro atoms. The van der Waals surface area contributed by atoms with Gasteiger partial charge < -0.3 is 10.1 Å². The van der Waals surface area contributed by atoms with Crippen molar-refractivity contribution in [2.24, 2.45) is 5.92 Å². The first-order valence-corrected chi connectivity index (χ1v) is 5.17. The fourth-order valence-corrected chi connectivity index (χ4v) is 2.00. The first-order valence-electron chi connectivity index (χ1n) is 5.17. The molecule has 0 bridgehead atoms. The molecule has 0 aliphatic carbocycles. The van der Waals surface area contributed by atoms with Crippen molar-refractivity contribution in [3.63, 3.8) is 0 Å². The Bertz CT molecular complexity index is 294. The van der Waals surface area contributed by atoms with Crippen molar-refractivity contribution in [3.8, 4) is 5.75 Å². The summed E-state index contributed by atoms with van der Waals surface area (Å²) >= 11 is 0. The molecule has 1 saturated heterocycles. The summed E-state index contributed by atoms with van der Waals surface area (Å²) in [7, 11) is 1.70. The van der Waals surface area contributed by atoms with Gasteiger partial charge in [-0.2, -0.15) is 0 Å². The molecule has 76 valence electrons. The van der Waals surface area contributed by atoms with Crippen LogP contribution in [0.3, 0.4) is 0 Å². The Balaban J connectivity index is 2.09. The van der Waals surface area contributed by atoms with Gasteiger partial charge in [0.1, 0.15) is 5.75 Å². The van der Waals surface area contributed by atoms with E-state index in [2.05, 4.69) is 24.4 Å². The number of rotatable bonds is 2. The van der Waals surface area contributed by atoms with E-state index in [1.165, 1.54) is 12.0 Å². The monoisotopic (exact) mass is 191 g/mol. The molecule has 0 amide bonds. The van der Waals surface area contributed by atoms with Crippen molar-refractivity contribution in [2.75, 3.05) is 13.7 Å². The number of hydrogen-bond donors (Lipinski definition) is 1. The number of nitrogens with one attached hydrogen (secondary N) is 1. The molecule has 0 radical (unpaired) electrons. The zero-order chi connectivity index (χ0) is 9.97. The fourth-order valence-electron chi connectivity index (χ4n) is 2.00. The van der Waals surface area contributed by atoms with Gasteiger partial charge in [-0.05, 0) is 36.6 Å². The van der Waals surface area contributed by atoms with Crippen LogP contribution in [-0.4, -0.2) is 13.7 Å². The summed E-state index contributed by atoms with van der Waals surface area (Å²) in [5.41, 5.74) is 1.37. The lowest BCUT2D eigenvalue weighted by Crippen LogP contribution is -2.13.